The second-order valence-corrected chi connectivity index (χ2v) is 11.3. The maximum Gasteiger partial charge on any atom is 0.410 e. The van der Waals surface area contributed by atoms with Crippen molar-refractivity contribution in [3.8, 4) is 27.8 Å². The van der Waals surface area contributed by atoms with Gasteiger partial charge in [-0.2, -0.15) is 5.10 Å². The zero-order chi connectivity index (χ0) is 24.2. The minimum absolute atomic E-state index is 0.209. The summed E-state index contributed by atoms with van der Waals surface area (Å²) in [4.78, 5) is 24.9. The van der Waals surface area contributed by atoms with Crippen LogP contribution in [-0.4, -0.2) is 56.0 Å². The third-order valence-electron chi connectivity index (χ3n) is 5.97. The molecule has 8 nitrogen and oxygen atoms in total. The van der Waals surface area contributed by atoms with Gasteiger partial charge in [0.15, 0.2) is 10.8 Å². The molecule has 34 heavy (non-hydrogen) atoms. The number of hydrogen-bond donors (Lipinski definition) is 0. The SMILES string of the molecule is Cc1nc(-c2nc3c(s2)CCOc2cc(C4CN(C(=O)OC(C)(C)C)C4)ccc2-3)n(C(C)C)n1. The lowest BCUT2D eigenvalue weighted by Gasteiger charge is -2.40. The Bertz CT molecular complexity index is 1230. The van der Waals surface area contributed by atoms with Crippen molar-refractivity contribution in [1.29, 1.82) is 0 Å². The summed E-state index contributed by atoms with van der Waals surface area (Å²) in [6.07, 6.45) is 0.556. The van der Waals surface area contributed by atoms with Gasteiger partial charge >= 0.3 is 6.09 Å². The van der Waals surface area contributed by atoms with Gasteiger partial charge in [-0.05, 0) is 59.2 Å². The van der Waals surface area contributed by atoms with Gasteiger partial charge in [0.2, 0.25) is 0 Å². The molecule has 0 spiro atoms. The number of hydrogen-bond acceptors (Lipinski definition) is 7. The number of thiazole rings is 1. The van der Waals surface area contributed by atoms with E-state index in [4.69, 9.17) is 14.5 Å². The van der Waals surface area contributed by atoms with Crippen LogP contribution in [0, 0.1) is 6.92 Å². The average molecular weight is 482 g/mol. The topological polar surface area (TPSA) is 82.4 Å². The summed E-state index contributed by atoms with van der Waals surface area (Å²) in [6, 6.07) is 6.56. The lowest BCUT2D eigenvalue weighted by Crippen LogP contribution is -2.50. The lowest BCUT2D eigenvalue weighted by atomic mass is 9.90. The van der Waals surface area contributed by atoms with Crippen molar-refractivity contribution in [2.75, 3.05) is 19.7 Å². The molecular formula is C25H31N5O3S. The van der Waals surface area contributed by atoms with E-state index in [1.54, 1.807) is 16.2 Å². The summed E-state index contributed by atoms with van der Waals surface area (Å²) in [5.41, 5.74) is 2.67. The van der Waals surface area contributed by atoms with Crippen molar-refractivity contribution in [3.63, 3.8) is 0 Å². The normalized spacial score (nSPS) is 15.9. The number of aryl methyl sites for hydroxylation is 1. The van der Waals surface area contributed by atoms with Crippen LogP contribution in [0.2, 0.25) is 0 Å². The minimum atomic E-state index is -0.481. The Hall–Kier alpha value is -2.94. The van der Waals surface area contributed by atoms with E-state index >= 15 is 0 Å². The van der Waals surface area contributed by atoms with Gasteiger partial charge < -0.3 is 14.4 Å². The number of ether oxygens (including phenoxy) is 2. The third-order valence-corrected chi connectivity index (χ3v) is 7.08. The largest absolute Gasteiger partial charge is 0.492 e. The molecular weight excluding hydrogens is 450 g/mol. The number of amides is 1. The predicted molar refractivity (Wildman–Crippen MR) is 131 cm³/mol. The molecule has 1 aromatic carbocycles. The van der Waals surface area contributed by atoms with Gasteiger partial charge in [0.25, 0.3) is 0 Å². The number of rotatable bonds is 3. The highest BCUT2D eigenvalue weighted by Crippen LogP contribution is 2.42. The fourth-order valence-corrected chi connectivity index (χ4v) is 5.33. The van der Waals surface area contributed by atoms with Crippen LogP contribution in [-0.2, 0) is 11.2 Å². The van der Waals surface area contributed by atoms with Crippen LogP contribution in [0.15, 0.2) is 18.2 Å². The average Bonchev–Trinajstić information content (AvgIpc) is 3.25. The van der Waals surface area contributed by atoms with Crippen LogP contribution >= 0.6 is 11.3 Å². The summed E-state index contributed by atoms with van der Waals surface area (Å²) in [5.74, 6) is 2.71. The number of carbonyl (C=O) groups excluding carboxylic acids is 1. The molecule has 0 radical (unpaired) electrons. The Labute approximate surface area is 203 Å². The fraction of sp³-hybridized carbons (Fsp3) is 0.520. The molecule has 1 fully saturated rings. The first-order valence-corrected chi connectivity index (χ1v) is 12.6. The van der Waals surface area contributed by atoms with Crippen molar-refractivity contribution in [3.05, 3.63) is 34.5 Å². The Morgan fingerprint density at radius 3 is 2.71 bits per heavy atom. The summed E-state index contributed by atoms with van der Waals surface area (Å²) in [5, 5.41) is 5.44. The van der Waals surface area contributed by atoms with Crippen LogP contribution in [0.4, 0.5) is 4.79 Å². The molecule has 3 aromatic rings. The molecule has 0 N–H and O–H groups in total. The number of benzene rings is 1. The Morgan fingerprint density at radius 2 is 2.00 bits per heavy atom. The maximum atomic E-state index is 12.3. The van der Waals surface area contributed by atoms with Gasteiger partial charge in [0, 0.05) is 41.9 Å². The molecule has 0 aliphatic carbocycles. The first kappa shape index (κ1) is 22.8. The monoisotopic (exact) mass is 481 g/mol. The van der Waals surface area contributed by atoms with Gasteiger partial charge in [0.05, 0.1) is 12.3 Å². The molecule has 2 aliphatic rings. The van der Waals surface area contributed by atoms with E-state index in [1.807, 2.05) is 32.4 Å². The molecule has 1 saturated heterocycles. The van der Waals surface area contributed by atoms with E-state index < -0.39 is 5.60 Å². The molecule has 4 heterocycles. The highest BCUT2D eigenvalue weighted by atomic mass is 32.1. The quantitative estimate of drug-likeness (QED) is 0.510. The number of nitrogens with zero attached hydrogens (tertiary/aromatic N) is 5. The molecule has 2 aromatic heterocycles. The minimum Gasteiger partial charge on any atom is -0.492 e. The summed E-state index contributed by atoms with van der Waals surface area (Å²) >= 11 is 1.67. The molecule has 5 rings (SSSR count). The van der Waals surface area contributed by atoms with Crippen LogP contribution in [0.5, 0.6) is 5.75 Å². The Kier molecular flexibility index (Phi) is 5.62. The fourth-order valence-electron chi connectivity index (χ4n) is 4.29. The molecule has 0 bridgehead atoms. The van der Waals surface area contributed by atoms with Crippen LogP contribution in [0.25, 0.3) is 22.1 Å². The van der Waals surface area contributed by atoms with Gasteiger partial charge in [0.1, 0.15) is 17.2 Å². The highest BCUT2D eigenvalue weighted by Gasteiger charge is 2.35. The van der Waals surface area contributed by atoms with Crippen molar-refractivity contribution in [2.45, 2.75) is 65.5 Å². The first-order chi connectivity index (χ1) is 16.1. The smallest absolute Gasteiger partial charge is 0.410 e. The van der Waals surface area contributed by atoms with E-state index in [-0.39, 0.29) is 18.1 Å². The maximum absolute atomic E-state index is 12.3. The van der Waals surface area contributed by atoms with Crippen molar-refractivity contribution in [1.82, 2.24) is 24.6 Å². The molecule has 2 aliphatic heterocycles. The Morgan fingerprint density at radius 1 is 1.24 bits per heavy atom. The van der Waals surface area contributed by atoms with Gasteiger partial charge in [-0.3, -0.25) is 0 Å². The predicted octanol–water partition coefficient (Wildman–Crippen LogP) is 5.23. The highest BCUT2D eigenvalue weighted by molar-refractivity contribution is 7.15. The number of aromatic nitrogens is 4. The third kappa shape index (κ3) is 4.29. The molecule has 0 saturated carbocycles. The van der Waals surface area contributed by atoms with Crippen molar-refractivity contribution < 1.29 is 14.3 Å². The van der Waals surface area contributed by atoms with Crippen molar-refractivity contribution in [2.24, 2.45) is 0 Å². The molecule has 0 atom stereocenters. The van der Waals surface area contributed by atoms with Gasteiger partial charge in [-0.15, -0.1) is 11.3 Å². The van der Waals surface area contributed by atoms with Crippen LogP contribution < -0.4 is 4.74 Å². The Balaban J connectivity index is 1.39. The molecule has 9 heteroatoms. The van der Waals surface area contributed by atoms with E-state index in [1.165, 1.54) is 10.4 Å². The van der Waals surface area contributed by atoms with E-state index in [9.17, 15) is 4.79 Å². The summed E-state index contributed by atoms with van der Waals surface area (Å²) in [6.45, 7) is 13.7. The number of fused-ring (bicyclic) bond motifs is 3. The zero-order valence-corrected chi connectivity index (χ0v) is 21.4. The standard InChI is InChI=1S/C25H31N5O3S/c1-14(2)30-22(26-15(3)28-30)23-27-21-18-8-7-16(11-19(18)32-10-9-20(21)34-23)17-12-29(13-17)24(31)33-25(4,5)6/h7-8,11,14,17H,9-10,12-13H2,1-6H3. The first-order valence-electron chi connectivity index (χ1n) is 11.8. The van der Waals surface area contributed by atoms with Crippen LogP contribution in [0.3, 0.4) is 0 Å². The van der Waals surface area contributed by atoms with Crippen molar-refractivity contribution >= 4 is 17.4 Å². The van der Waals surface area contributed by atoms with E-state index in [2.05, 4.69) is 42.1 Å². The summed E-state index contributed by atoms with van der Waals surface area (Å²) < 4.78 is 13.6. The van der Waals surface area contributed by atoms with Crippen LogP contribution in [0.1, 0.15) is 62.8 Å². The van der Waals surface area contributed by atoms with E-state index in [0.29, 0.717) is 19.7 Å². The zero-order valence-electron chi connectivity index (χ0n) is 20.6. The summed E-state index contributed by atoms with van der Waals surface area (Å²) in [7, 11) is 0. The van der Waals surface area contributed by atoms with Gasteiger partial charge in [-0.1, -0.05) is 6.07 Å². The number of likely N-dealkylation sites (tertiary alicyclic amines) is 1. The van der Waals surface area contributed by atoms with E-state index in [0.717, 1.165) is 40.1 Å². The molecule has 1 amide bonds. The molecule has 0 unspecified atom stereocenters. The number of carbonyl (C=O) groups is 1. The van der Waals surface area contributed by atoms with Gasteiger partial charge in [-0.25, -0.2) is 19.4 Å². The second kappa shape index (κ2) is 8.37. The molecule has 180 valence electrons. The second-order valence-electron chi connectivity index (χ2n) is 10.2. The lowest BCUT2D eigenvalue weighted by molar-refractivity contribution is 0.00819.